The third kappa shape index (κ3) is 3.22. The molecule has 0 bridgehead atoms. The summed E-state index contributed by atoms with van der Waals surface area (Å²) in [6.45, 7) is 5.50. The molecule has 0 saturated carbocycles. The van der Waals surface area contributed by atoms with Crippen LogP contribution in [0.3, 0.4) is 0 Å². The Morgan fingerprint density at radius 1 is 1.20 bits per heavy atom. The van der Waals surface area contributed by atoms with Gasteiger partial charge in [0.05, 0.1) is 11.7 Å². The lowest BCUT2D eigenvalue weighted by Crippen LogP contribution is -2.25. The minimum absolute atomic E-state index is 0.265. The quantitative estimate of drug-likeness (QED) is 0.879. The van der Waals surface area contributed by atoms with Crippen molar-refractivity contribution in [1.82, 2.24) is 15.1 Å². The van der Waals surface area contributed by atoms with Crippen molar-refractivity contribution in [2.75, 3.05) is 6.54 Å². The molecular weight excluding hydrogens is 260 g/mol. The number of aromatic nitrogens is 2. The first-order valence-corrected chi connectivity index (χ1v) is 6.86. The second-order valence-corrected chi connectivity index (χ2v) is 4.67. The number of benzene rings is 1. The van der Waals surface area contributed by atoms with Crippen molar-refractivity contribution in [2.24, 2.45) is 0 Å². The molecule has 2 aromatic rings. The van der Waals surface area contributed by atoms with E-state index in [4.69, 9.17) is 0 Å². The second kappa shape index (κ2) is 6.61. The number of aryl methyl sites for hydroxylation is 1. The molecule has 1 unspecified atom stereocenters. The van der Waals surface area contributed by atoms with Gasteiger partial charge in [-0.15, -0.1) is 0 Å². The van der Waals surface area contributed by atoms with E-state index < -0.39 is 11.6 Å². The lowest BCUT2D eigenvalue weighted by atomic mass is 10.0. The van der Waals surface area contributed by atoms with E-state index in [-0.39, 0.29) is 6.04 Å². The molecule has 5 heteroatoms. The summed E-state index contributed by atoms with van der Waals surface area (Å²) in [5.74, 6) is -1.13. The standard InChI is InChI=1S/C15H19F2N3/c1-3-7-20-14(5-6-19-20)15(18-4-2)11-8-12(16)10-13(17)9-11/h5-6,8-10,15,18H,3-4,7H2,1-2H3. The normalized spacial score (nSPS) is 12.6. The molecular formula is C15H19F2N3. The van der Waals surface area contributed by atoms with E-state index in [2.05, 4.69) is 17.3 Å². The van der Waals surface area contributed by atoms with Gasteiger partial charge in [0.1, 0.15) is 11.6 Å². The van der Waals surface area contributed by atoms with Gasteiger partial charge >= 0.3 is 0 Å². The van der Waals surface area contributed by atoms with Gasteiger partial charge in [-0.2, -0.15) is 5.10 Å². The topological polar surface area (TPSA) is 29.9 Å². The Morgan fingerprint density at radius 3 is 2.50 bits per heavy atom. The smallest absolute Gasteiger partial charge is 0.126 e. The van der Waals surface area contributed by atoms with Gasteiger partial charge in [0.2, 0.25) is 0 Å². The van der Waals surface area contributed by atoms with Crippen molar-refractivity contribution in [3.63, 3.8) is 0 Å². The highest BCUT2D eigenvalue weighted by Gasteiger charge is 2.18. The first-order chi connectivity index (χ1) is 9.65. The molecule has 3 nitrogen and oxygen atoms in total. The van der Waals surface area contributed by atoms with Crippen LogP contribution in [0, 0.1) is 11.6 Å². The van der Waals surface area contributed by atoms with Gasteiger partial charge in [-0.05, 0) is 36.7 Å². The molecule has 1 aromatic heterocycles. The predicted octanol–water partition coefficient (Wildman–Crippen LogP) is 3.27. The van der Waals surface area contributed by atoms with Crippen molar-refractivity contribution in [3.05, 3.63) is 53.4 Å². The van der Waals surface area contributed by atoms with Crippen LogP contribution in [-0.4, -0.2) is 16.3 Å². The Morgan fingerprint density at radius 2 is 1.90 bits per heavy atom. The molecule has 0 fully saturated rings. The molecule has 1 N–H and O–H groups in total. The fraction of sp³-hybridized carbons (Fsp3) is 0.400. The minimum atomic E-state index is -0.565. The molecule has 0 radical (unpaired) electrons. The van der Waals surface area contributed by atoms with Crippen LogP contribution >= 0.6 is 0 Å². The Balaban J connectivity index is 2.41. The van der Waals surface area contributed by atoms with Crippen molar-refractivity contribution < 1.29 is 8.78 Å². The van der Waals surface area contributed by atoms with Crippen LogP contribution in [0.15, 0.2) is 30.5 Å². The highest BCUT2D eigenvalue weighted by atomic mass is 19.1. The van der Waals surface area contributed by atoms with Crippen LogP contribution in [0.25, 0.3) is 0 Å². The Bertz CT molecular complexity index is 546. The number of rotatable bonds is 6. The summed E-state index contributed by atoms with van der Waals surface area (Å²) in [6.07, 6.45) is 2.66. The summed E-state index contributed by atoms with van der Waals surface area (Å²) in [4.78, 5) is 0. The van der Waals surface area contributed by atoms with Gasteiger partial charge < -0.3 is 5.32 Å². The predicted molar refractivity (Wildman–Crippen MR) is 74.4 cm³/mol. The Hall–Kier alpha value is -1.75. The molecule has 0 saturated heterocycles. The van der Waals surface area contributed by atoms with Crippen molar-refractivity contribution >= 4 is 0 Å². The van der Waals surface area contributed by atoms with E-state index in [0.29, 0.717) is 12.1 Å². The van der Waals surface area contributed by atoms with E-state index in [1.165, 1.54) is 12.1 Å². The van der Waals surface area contributed by atoms with Gasteiger partial charge in [0.25, 0.3) is 0 Å². The maximum absolute atomic E-state index is 13.4. The molecule has 2 rings (SSSR count). The lowest BCUT2D eigenvalue weighted by molar-refractivity contribution is 0.513. The van der Waals surface area contributed by atoms with Crippen LogP contribution in [-0.2, 0) is 6.54 Å². The number of nitrogens with zero attached hydrogens (tertiary/aromatic N) is 2. The fourth-order valence-corrected chi connectivity index (χ4v) is 2.33. The molecule has 0 spiro atoms. The van der Waals surface area contributed by atoms with Crippen molar-refractivity contribution in [3.8, 4) is 0 Å². The third-order valence-corrected chi connectivity index (χ3v) is 3.11. The highest BCUT2D eigenvalue weighted by molar-refractivity contribution is 5.29. The van der Waals surface area contributed by atoms with Gasteiger partial charge in [-0.3, -0.25) is 4.68 Å². The van der Waals surface area contributed by atoms with Crippen LogP contribution in [0.5, 0.6) is 0 Å². The number of hydrogen-bond acceptors (Lipinski definition) is 2. The van der Waals surface area contributed by atoms with Gasteiger partial charge in [0, 0.05) is 18.8 Å². The van der Waals surface area contributed by atoms with E-state index in [1.807, 2.05) is 17.7 Å². The Labute approximate surface area is 117 Å². The zero-order valence-electron chi connectivity index (χ0n) is 11.7. The maximum Gasteiger partial charge on any atom is 0.126 e. The largest absolute Gasteiger partial charge is 0.305 e. The molecule has 0 aliphatic carbocycles. The lowest BCUT2D eigenvalue weighted by Gasteiger charge is -2.20. The summed E-state index contributed by atoms with van der Waals surface area (Å²) in [5, 5.41) is 7.53. The van der Waals surface area contributed by atoms with E-state index in [9.17, 15) is 8.78 Å². The first-order valence-electron chi connectivity index (χ1n) is 6.86. The van der Waals surface area contributed by atoms with E-state index >= 15 is 0 Å². The fourth-order valence-electron chi connectivity index (χ4n) is 2.33. The monoisotopic (exact) mass is 279 g/mol. The van der Waals surface area contributed by atoms with Crippen molar-refractivity contribution in [1.29, 1.82) is 0 Å². The molecule has 108 valence electrons. The van der Waals surface area contributed by atoms with Crippen LogP contribution in [0.2, 0.25) is 0 Å². The van der Waals surface area contributed by atoms with Crippen LogP contribution < -0.4 is 5.32 Å². The van der Waals surface area contributed by atoms with Crippen molar-refractivity contribution in [2.45, 2.75) is 32.9 Å². The summed E-state index contributed by atoms with van der Waals surface area (Å²) in [5.41, 5.74) is 1.49. The van der Waals surface area contributed by atoms with Crippen LogP contribution in [0.4, 0.5) is 8.78 Å². The number of hydrogen-bond donors (Lipinski definition) is 1. The van der Waals surface area contributed by atoms with Gasteiger partial charge in [0.15, 0.2) is 0 Å². The summed E-state index contributed by atoms with van der Waals surface area (Å²) >= 11 is 0. The van der Waals surface area contributed by atoms with Gasteiger partial charge in [-0.25, -0.2) is 8.78 Å². The molecule has 1 atom stereocenters. The zero-order chi connectivity index (χ0) is 14.5. The number of halogens is 2. The number of nitrogens with one attached hydrogen (secondary N) is 1. The maximum atomic E-state index is 13.4. The van der Waals surface area contributed by atoms with E-state index in [1.54, 1.807) is 6.20 Å². The molecule has 20 heavy (non-hydrogen) atoms. The second-order valence-electron chi connectivity index (χ2n) is 4.67. The average Bonchev–Trinajstić information content (AvgIpc) is 2.83. The molecule has 1 heterocycles. The van der Waals surface area contributed by atoms with Gasteiger partial charge in [-0.1, -0.05) is 13.8 Å². The minimum Gasteiger partial charge on any atom is -0.305 e. The highest BCUT2D eigenvalue weighted by Crippen LogP contribution is 2.23. The molecule has 1 aromatic carbocycles. The molecule has 0 aliphatic rings. The average molecular weight is 279 g/mol. The van der Waals surface area contributed by atoms with E-state index in [0.717, 1.165) is 24.7 Å². The summed E-state index contributed by atoms with van der Waals surface area (Å²) in [7, 11) is 0. The molecule has 0 amide bonds. The summed E-state index contributed by atoms with van der Waals surface area (Å²) in [6, 6.07) is 5.22. The van der Waals surface area contributed by atoms with Crippen LogP contribution in [0.1, 0.15) is 37.6 Å². The zero-order valence-corrected chi connectivity index (χ0v) is 11.7. The SMILES string of the molecule is CCCn1nccc1C(NCC)c1cc(F)cc(F)c1. The Kier molecular flexibility index (Phi) is 4.84. The summed E-state index contributed by atoms with van der Waals surface area (Å²) < 4.78 is 28.7. The molecule has 0 aliphatic heterocycles. The third-order valence-electron chi connectivity index (χ3n) is 3.11. The first kappa shape index (κ1) is 14.7.